The monoisotopic (exact) mass is 476 g/mol. The van der Waals surface area contributed by atoms with E-state index in [0.717, 1.165) is 22.5 Å². The normalized spacial score (nSPS) is 14.7. The summed E-state index contributed by atoms with van der Waals surface area (Å²) in [5.41, 5.74) is 3.68. The molecule has 0 saturated carbocycles. The Morgan fingerprint density at radius 2 is 1.91 bits per heavy atom. The highest BCUT2D eigenvalue weighted by Gasteiger charge is 2.34. The zero-order chi connectivity index (χ0) is 24.2. The molecule has 0 unspecified atom stereocenters. The number of thiazole rings is 1. The van der Waals surface area contributed by atoms with Gasteiger partial charge in [0.2, 0.25) is 4.80 Å². The van der Waals surface area contributed by atoms with E-state index in [4.69, 9.17) is 14.6 Å². The van der Waals surface area contributed by atoms with Gasteiger partial charge in [0.25, 0.3) is 5.91 Å². The van der Waals surface area contributed by atoms with E-state index in [1.54, 1.807) is 29.9 Å². The molecule has 0 aliphatic carbocycles. The quantitative estimate of drug-likeness (QED) is 0.447. The number of anilines is 1. The highest BCUT2D eigenvalue weighted by atomic mass is 32.1. The molecule has 34 heavy (non-hydrogen) atoms. The lowest BCUT2D eigenvalue weighted by Crippen LogP contribution is -2.34. The average molecular weight is 477 g/mol. The Kier molecular flexibility index (Phi) is 6.98. The number of fused-ring (bicyclic) bond motifs is 1. The highest BCUT2D eigenvalue weighted by Crippen LogP contribution is 2.35. The number of benzene rings is 2. The minimum atomic E-state index is -0.115. The van der Waals surface area contributed by atoms with Gasteiger partial charge in [-0.15, -0.1) is 17.9 Å². The number of methoxy groups -OCH3 is 2. The van der Waals surface area contributed by atoms with Gasteiger partial charge in [-0.05, 0) is 24.1 Å². The maximum absolute atomic E-state index is 13.5. The van der Waals surface area contributed by atoms with E-state index in [0.29, 0.717) is 41.0 Å². The van der Waals surface area contributed by atoms with Gasteiger partial charge in [0.1, 0.15) is 11.5 Å². The van der Waals surface area contributed by atoms with Crippen molar-refractivity contribution in [2.45, 2.75) is 13.8 Å². The molecular formula is C26H28N4O3S. The number of hydrogen-bond acceptors (Lipinski definition) is 6. The first-order valence-electron chi connectivity index (χ1n) is 11.0. The smallest absolute Gasteiger partial charge is 0.279 e. The van der Waals surface area contributed by atoms with Gasteiger partial charge in [0.15, 0.2) is 5.71 Å². The molecule has 0 spiro atoms. The molecule has 1 aliphatic rings. The summed E-state index contributed by atoms with van der Waals surface area (Å²) in [5, 5.41) is 6.85. The van der Waals surface area contributed by atoms with E-state index in [-0.39, 0.29) is 5.91 Å². The summed E-state index contributed by atoms with van der Waals surface area (Å²) in [6.45, 7) is 9.02. The second-order valence-electron chi connectivity index (χ2n) is 8.19. The molecule has 0 bridgehead atoms. The summed E-state index contributed by atoms with van der Waals surface area (Å²) < 4.78 is 12.7. The van der Waals surface area contributed by atoms with Crippen molar-refractivity contribution >= 4 is 28.6 Å². The predicted molar refractivity (Wildman–Crippen MR) is 137 cm³/mol. The molecule has 4 rings (SSSR count). The van der Waals surface area contributed by atoms with Crippen LogP contribution in [0.2, 0.25) is 0 Å². The number of aromatic nitrogens is 1. The van der Waals surface area contributed by atoms with Gasteiger partial charge >= 0.3 is 0 Å². The Labute approximate surface area is 203 Å². The minimum Gasteiger partial charge on any atom is -0.497 e. The van der Waals surface area contributed by atoms with Gasteiger partial charge in [-0.3, -0.25) is 9.79 Å². The number of nitrogens with zero attached hydrogens (tertiary/aromatic N) is 4. The van der Waals surface area contributed by atoms with Crippen LogP contribution in [0.15, 0.2) is 70.6 Å². The van der Waals surface area contributed by atoms with Gasteiger partial charge in [0.05, 0.1) is 32.1 Å². The Hall–Kier alpha value is -3.65. The molecule has 2 aromatic carbocycles. The SMILES string of the molecule is C=CCN=c1scc(-c2ccc(OC)cc2OC)n1N=C1C(=O)N(CC(C)C)c2ccccc21. The molecule has 176 valence electrons. The third-order valence-electron chi connectivity index (χ3n) is 5.37. The zero-order valence-electron chi connectivity index (χ0n) is 19.8. The van der Waals surface area contributed by atoms with Crippen molar-refractivity contribution < 1.29 is 14.3 Å². The average Bonchev–Trinajstić information content (AvgIpc) is 3.36. The van der Waals surface area contributed by atoms with Crippen LogP contribution < -0.4 is 19.2 Å². The second kappa shape index (κ2) is 10.1. The molecular weight excluding hydrogens is 448 g/mol. The van der Waals surface area contributed by atoms with Crippen molar-refractivity contribution in [2.24, 2.45) is 16.0 Å². The van der Waals surface area contributed by atoms with Gasteiger partial charge in [-0.1, -0.05) is 38.1 Å². The van der Waals surface area contributed by atoms with E-state index < -0.39 is 0 Å². The van der Waals surface area contributed by atoms with Crippen LogP contribution in [0.5, 0.6) is 11.5 Å². The summed E-state index contributed by atoms with van der Waals surface area (Å²) in [6, 6.07) is 13.4. The molecule has 0 N–H and O–H groups in total. The Bertz CT molecular complexity index is 1320. The summed E-state index contributed by atoms with van der Waals surface area (Å²) >= 11 is 1.45. The highest BCUT2D eigenvalue weighted by molar-refractivity contribution is 7.07. The fourth-order valence-electron chi connectivity index (χ4n) is 3.85. The van der Waals surface area contributed by atoms with Crippen molar-refractivity contribution in [1.82, 2.24) is 4.68 Å². The third-order valence-corrected chi connectivity index (χ3v) is 6.23. The van der Waals surface area contributed by atoms with Crippen molar-refractivity contribution in [3.05, 3.63) is 70.9 Å². The summed E-state index contributed by atoms with van der Waals surface area (Å²) in [5.74, 6) is 1.54. The Morgan fingerprint density at radius 1 is 1.12 bits per heavy atom. The first-order chi connectivity index (χ1) is 16.5. The van der Waals surface area contributed by atoms with E-state index in [1.807, 2.05) is 47.8 Å². The molecule has 1 aliphatic heterocycles. The van der Waals surface area contributed by atoms with Gasteiger partial charge in [-0.25, -0.2) is 4.68 Å². The second-order valence-corrected chi connectivity index (χ2v) is 9.02. The molecule has 3 aromatic rings. The first kappa shape index (κ1) is 23.5. The number of para-hydroxylation sites is 1. The van der Waals surface area contributed by atoms with Crippen molar-refractivity contribution in [3.8, 4) is 22.8 Å². The third kappa shape index (κ3) is 4.41. The number of hydrogen-bond donors (Lipinski definition) is 0. The molecule has 0 saturated heterocycles. The van der Waals surface area contributed by atoms with Crippen molar-refractivity contribution in [1.29, 1.82) is 0 Å². The topological polar surface area (TPSA) is 68.4 Å². The molecule has 1 amide bonds. The van der Waals surface area contributed by atoms with Crippen molar-refractivity contribution in [3.63, 3.8) is 0 Å². The predicted octanol–water partition coefficient (Wildman–Crippen LogP) is 4.58. The molecule has 7 nitrogen and oxygen atoms in total. The largest absolute Gasteiger partial charge is 0.497 e. The maximum atomic E-state index is 13.5. The number of rotatable bonds is 8. The fourth-order valence-corrected chi connectivity index (χ4v) is 4.68. The molecule has 0 atom stereocenters. The lowest BCUT2D eigenvalue weighted by atomic mass is 10.1. The van der Waals surface area contributed by atoms with Gasteiger partial charge in [-0.2, -0.15) is 5.10 Å². The van der Waals surface area contributed by atoms with E-state index in [2.05, 4.69) is 25.4 Å². The summed E-state index contributed by atoms with van der Waals surface area (Å²) in [7, 11) is 3.23. The zero-order valence-corrected chi connectivity index (χ0v) is 20.6. The van der Waals surface area contributed by atoms with Crippen LogP contribution in [-0.4, -0.2) is 43.6 Å². The van der Waals surface area contributed by atoms with Crippen LogP contribution >= 0.6 is 11.3 Å². The summed E-state index contributed by atoms with van der Waals surface area (Å²) in [4.78, 5) is 20.6. The van der Waals surface area contributed by atoms with Crippen molar-refractivity contribution in [2.75, 3.05) is 32.2 Å². The fraction of sp³-hybridized carbons (Fsp3) is 0.269. The number of carbonyl (C=O) groups is 1. The van der Waals surface area contributed by atoms with Crippen LogP contribution in [0.25, 0.3) is 11.3 Å². The van der Waals surface area contributed by atoms with Crippen LogP contribution in [0.4, 0.5) is 5.69 Å². The number of carbonyl (C=O) groups excluding carboxylic acids is 1. The molecule has 2 heterocycles. The lowest BCUT2D eigenvalue weighted by Gasteiger charge is -2.18. The molecule has 0 radical (unpaired) electrons. The Balaban J connectivity index is 1.92. The summed E-state index contributed by atoms with van der Waals surface area (Å²) in [6.07, 6.45) is 1.73. The molecule has 1 aromatic heterocycles. The van der Waals surface area contributed by atoms with Gasteiger partial charge in [0, 0.05) is 29.1 Å². The van der Waals surface area contributed by atoms with Crippen LogP contribution in [0.3, 0.4) is 0 Å². The van der Waals surface area contributed by atoms with Crippen LogP contribution in [0, 0.1) is 5.92 Å². The Morgan fingerprint density at radius 3 is 2.62 bits per heavy atom. The number of ether oxygens (including phenoxy) is 2. The van der Waals surface area contributed by atoms with E-state index in [9.17, 15) is 4.79 Å². The minimum absolute atomic E-state index is 0.115. The van der Waals surface area contributed by atoms with Crippen LogP contribution in [-0.2, 0) is 4.79 Å². The molecule has 0 fully saturated rings. The van der Waals surface area contributed by atoms with E-state index in [1.165, 1.54) is 11.3 Å². The number of amides is 1. The molecule has 8 heteroatoms. The first-order valence-corrected chi connectivity index (χ1v) is 11.9. The van der Waals surface area contributed by atoms with E-state index >= 15 is 0 Å². The maximum Gasteiger partial charge on any atom is 0.279 e. The standard InChI is InChI=1S/C26H28N4O3S/c1-6-13-27-26-30(22(16-34-26)19-12-11-18(32-4)14-23(19)33-5)28-24-20-9-7-8-10-21(20)29(25(24)31)15-17(2)3/h6-12,14,16-17H,1,13,15H2,2-5H3. The van der Waals surface area contributed by atoms with Crippen LogP contribution in [0.1, 0.15) is 19.4 Å². The van der Waals surface area contributed by atoms with Gasteiger partial charge < -0.3 is 14.4 Å². The lowest BCUT2D eigenvalue weighted by molar-refractivity contribution is -0.112.